The number of aliphatic hydroxyl groups excluding tert-OH is 1. The van der Waals surface area contributed by atoms with E-state index in [1.165, 1.54) is 17.8 Å². The predicted molar refractivity (Wildman–Crippen MR) is 98.2 cm³/mol. The molecule has 1 saturated heterocycles. The van der Waals surface area contributed by atoms with Crippen LogP contribution < -0.4 is 4.90 Å². The molecule has 2 aromatic rings. The summed E-state index contributed by atoms with van der Waals surface area (Å²) in [5, 5.41) is 10.3. The van der Waals surface area contributed by atoms with Gasteiger partial charge in [0.15, 0.2) is 0 Å². The van der Waals surface area contributed by atoms with Crippen LogP contribution in [0.5, 0.6) is 0 Å². The Balaban J connectivity index is 1.40. The molecular weight excluding hydrogens is 323 g/mol. The molecule has 24 heavy (non-hydrogen) atoms. The van der Waals surface area contributed by atoms with E-state index in [-0.39, 0.29) is 11.9 Å². The molecule has 0 bridgehead atoms. The lowest BCUT2D eigenvalue weighted by atomic mass is 10.2. The number of benzene rings is 2. The van der Waals surface area contributed by atoms with Gasteiger partial charge in [-0.05, 0) is 36.4 Å². The number of aliphatic hydroxyl groups is 1. The number of β-amino-alcohol motifs (C(OH)–C–C–N with tert-alkyl or cyclic N) is 1. The number of nitrogens with zero attached hydrogens (tertiary/aromatic N) is 2. The molecular formula is C19H23FN2OS. The third-order valence-electron chi connectivity index (χ3n) is 4.22. The van der Waals surface area contributed by atoms with Crippen molar-refractivity contribution in [3.63, 3.8) is 0 Å². The Bertz CT molecular complexity index is 615. The molecule has 0 unspecified atom stereocenters. The molecule has 1 aliphatic rings. The lowest BCUT2D eigenvalue weighted by molar-refractivity contribution is 0.126. The summed E-state index contributed by atoms with van der Waals surface area (Å²) in [7, 11) is 0. The van der Waals surface area contributed by atoms with Gasteiger partial charge in [0, 0.05) is 49.1 Å². The monoisotopic (exact) mass is 346 g/mol. The van der Waals surface area contributed by atoms with Crippen LogP contribution in [0.3, 0.4) is 0 Å². The zero-order valence-corrected chi connectivity index (χ0v) is 14.5. The highest BCUT2D eigenvalue weighted by Crippen LogP contribution is 2.20. The summed E-state index contributed by atoms with van der Waals surface area (Å²) in [6, 6.07) is 16.9. The van der Waals surface area contributed by atoms with E-state index in [0.29, 0.717) is 12.3 Å². The molecule has 0 saturated carbocycles. The predicted octanol–water partition coefficient (Wildman–Crippen LogP) is 3.10. The third-order valence-corrected chi connectivity index (χ3v) is 5.38. The van der Waals surface area contributed by atoms with Gasteiger partial charge in [-0.3, -0.25) is 4.90 Å². The van der Waals surface area contributed by atoms with E-state index < -0.39 is 0 Å². The fraction of sp³-hybridized carbons (Fsp3) is 0.368. The van der Waals surface area contributed by atoms with Crippen molar-refractivity contribution >= 4 is 17.4 Å². The molecule has 0 aliphatic carbocycles. The van der Waals surface area contributed by atoms with E-state index in [2.05, 4.69) is 34.1 Å². The number of thioether (sulfide) groups is 1. The van der Waals surface area contributed by atoms with Gasteiger partial charge in [-0.2, -0.15) is 0 Å². The fourth-order valence-corrected chi connectivity index (χ4v) is 3.72. The second-order valence-corrected chi connectivity index (χ2v) is 7.14. The molecule has 0 amide bonds. The Hall–Kier alpha value is -1.56. The maximum absolute atomic E-state index is 12.9. The van der Waals surface area contributed by atoms with Crippen molar-refractivity contribution in [1.29, 1.82) is 0 Å². The SMILES string of the molecule is O[C@@H](CSc1ccc(F)cc1)CN1CCN(c2ccccc2)CC1. The molecule has 1 fully saturated rings. The molecule has 5 heteroatoms. The Kier molecular flexibility index (Phi) is 6.12. The molecule has 0 spiro atoms. The largest absolute Gasteiger partial charge is 0.391 e. The van der Waals surface area contributed by atoms with Crippen molar-refractivity contribution in [2.24, 2.45) is 0 Å². The van der Waals surface area contributed by atoms with Gasteiger partial charge in [0.1, 0.15) is 5.82 Å². The van der Waals surface area contributed by atoms with Crippen molar-refractivity contribution in [2.45, 2.75) is 11.0 Å². The first kappa shape index (κ1) is 17.3. The number of rotatable bonds is 6. The fourth-order valence-electron chi connectivity index (χ4n) is 2.90. The molecule has 3 nitrogen and oxygen atoms in total. The highest BCUT2D eigenvalue weighted by atomic mass is 32.2. The smallest absolute Gasteiger partial charge is 0.123 e. The van der Waals surface area contributed by atoms with Gasteiger partial charge in [0.05, 0.1) is 6.10 Å². The maximum Gasteiger partial charge on any atom is 0.123 e. The quantitative estimate of drug-likeness (QED) is 0.813. The molecule has 0 radical (unpaired) electrons. The first-order valence-corrected chi connectivity index (χ1v) is 9.28. The minimum absolute atomic E-state index is 0.226. The Morgan fingerprint density at radius 1 is 0.958 bits per heavy atom. The molecule has 1 atom stereocenters. The molecule has 1 N–H and O–H groups in total. The van der Waals surface area contributed by atoms with Gasteiger partial charge in [-0.1, -0.05) is 18.2 Å². The summed E-state index contributed by atoms with van der Waals surface area (Å²) in [5.74, 6) is 0.404. The molecule has 128 valence electrons. The van der Waals surface area contributed by atoms with E-state index in [1.807, 2.05) is 6.07 Å². The Morgan fingerprint density at radius 2 is 1.62 bits per heavy atom. The van der Waals surface area contributed by atoms with E-state index in [1.54, 1.807) is 23.9 Å². The van der Waals surface area contributed by atoms with Crippen LogP contribution in [0.2, 0.25) is 0 Å². The minimum Gasteiger partial charge on any atom is -0.391 e. The standard InChI is InChI=1S/C19H23FN2OS/c20-16-6-8-19(9-7-16)24-15-18(23)14-21-10-12-22(13-11-21)17-4-2-1-3-5-17/h1-9,18,23H,10-15H2/t18-/m1/s1. The molecule has 1 heterocycles. The van der Waals surface area contributed by atoms with Crippen LogP contribution in [-0.2, 0) is 0 Å². The number of halogens is 1. The minimum atomic E-state index is -0.372. The number of para-hydroxylation sites is 1. The number of anilines is 1. The van der Waals surface area contributed by atoms with Gasteiger partial charge in [-0.25, -0.2) is 4.39 Å². The number of piperazine rings is 1. The lowest BCUT2D eigenvalue weighted by Gasteiger charge is -2.36. The van der Waals surface area contributed by atoms with Crippen LogP contribution >= 0.6 is 11.8 Å². The summed E-state index contributed by atoms with van der Waals surface area (Å²) in [4.78, 5) is 5.69. The summed E-state index contributed by atoms with van der Waals surface area (Å²) in [6.07, 6.45) is -0.372. The van der Waals surface area contributed by atoms with Gasteiger partial charge >= 0.3 is 0 Å². The highest BCUT2D eigenvalue weighted by Gasteiger charge is 2.19. The molecule has 3 rings (SSSR count). The van der Waals surface area contributed by atoms with Gasteiger partial charge in [0.25, 0.3) is 0 Å². The van der Waals surface area contributed by atoms with Gasteiger partial charge in [0.2, 0.25) is 0 Å². The van der Waals surface area contributed by atoms with Crippen LogP contribution in [0, 0.1) is 5.82 Å². The first-order chi connectivity index (χ1) is 11.7. The lowest BCUT2D eigenvalue weighted by Crippen LogP contribution is -2.48. The topological polar surface area (TPSA) is 26.7 Å². The average Bonchev–Trinajstić information content (AvgIpc) is 2.63. The Labute approximate surface area is 147 Å². The van der Waals surface area contributed by atoms with Gasteiger partial charge < -0.3 is 10.0 Å². The number of hydrogen-bond donors (Lipinski definition) is 1. The summed E-state index contributed by atoms with van der Waals surface area (Å²) in [5.41, 5.74) is 1.27. The van der Waals surface area contributed by atoms with Crippen LogP contribution in [0.15, 0.2) is 59.5 Å². The molecule has 2 aromatic carbocycles. The molecule has 1 aliphatic heterocycles. The van der Waals surface area contributed by atoms with Crippen LogP contribution in [0.25, 0.3) is 0 Å². The highest BCUT2D eigenvalue weighted by molar-refractivity contribution is 7.99. The average molecular weight is 346 g/mol. The van der Waals surface area contributed by atoms with Crippen molar-refractivity contribution in [1.82, 2.24) is 4.90 Å². The zero-order chi connectivity index (χ0) is 16.8. The van der Waals surface area contributed by atoms with Crippen LogP contribution in [0.4, 0.5) is 10.1 Å². The summed E-state index contributed by atoms with van der Waals surface area (Å²) < 4.78 is 12.9. The van der Waals surface area contributed by atoms with E-state index in [0.717, 1.165) is 31.1 Å². The van der Waals surface area contributed by atoms with Crippen molar-refractivity contribution < 1.29 is 9.50 Å². The van der Waals surface area contributed by atoms with Crippen molar-refractivity contribution in [3.05, 3.63) is 60.4 Å². The van der Waals surface area contributed by atoms with Crippen molar-refractivity contribution in [2.75, 3.05) is 43.4 Å². The van der Waals surface area contributed by atoms with E-state index >= 15 is 0 Å². The normalized spacial score (nSPS) is 17.0. The third kappa shape index (κ3) is 4.97. The maximum atomic E-state index is 12.9. The van der Waals surface area contributed by atoms with Crippen LogP contribution in [-0.4, -0.2) is 54.6 Å². The Morgan fingerprint density at radius 3 is 2.29 bits per heavy atom. The molecule has 0 aromatic heterocycles. The zero-order valence-electron chi connectivity index (χ0n) is 13.6. The second-order valence-electron chi connectivity index (χ2n) is 6.04. The number of hydrogen-bond acceptors (Lipinski definition) is 4. The van der Waals surface area contributed by atoms with Crippen LogP contribution in [0.1, 0.15) is 0 Å². The van der Waals surface area contributed by atoms with Gasteiger partial charge in [-0.15, -0.1) is 11.8 Å². The van der Waals surface area contributed by atoms with Crippen molar-refractivity contribution in [3.8, 4) is 0 Å². The van der Waals surface area contributed by atoms with E-state index in [4.69, 9.17) is 0 Å². The summed E-state index contributed by atoms with van der Waals surface area (Å²) >= 11 is 1.57. The summed E-state index contributed by atoms with van der Waals surface area (Å²) in [6.45, 7) is 4.60. The van der Waals surface area contributed by atoms with E-state index in [9.17, 15) is 9.50 Å². The first-order valence-electron chi connectivity index (χ1n) is 8.29. The second kappa shape index (κ2) is 8.51.